The molecule has 0 aliphatic heterocycles. The largest absolute Gasteiger partial charge is 0.327 e. The SMILES string of the molecule is Cc1nc(Cn2cncc2CNCC(C)C)cs1. The Hall–Kier alpha value is -1.20. The maximum atomic E-state index is 4.48. The molecule has 2 heterocycles. The second kappa shape index (κ2) is 6.11. The molecule has 0 aliphatic rings. The van der Waals surface area contributed by atoms with Crippen LogP contribution in [0.2, 0.25) is 0 Å². The zero-order valence-electron chi connectivity index (χ0n) is 11.2. The van der Waals surface area contributed by atoms with Crippen LogP contribution in [0.15, 0.2) is 17.9 Å². The Bertz CT molecular complexity index is 487. The summed E-state index contributed by atoms with van der Waals surface area (Å²) in [6, 6.07) is 0. The van der Waals surface area contributed by atoms with Crippen LogP contribution in [0.1, 0.15) is 30.2 Å². The minimum atomic E-state index is 0.669. The van der Waals surface area contributed by atoms with Crippen molar-refractivity contribution < 1.29 is 0 Å². The monoisotopic (exact) mass is 264 g/mol. The number of hydrogen-bond donors (Lipinski definition) is 1. The van der Waals surface area contributed by atoms with E-state index in [1.54, 1.807) is 11.3 Å². The fraction of sp³-hybridized carbons (Fsp3) is 0.538. The predicted molar refractivity (Wildman–Crippen MR) is 74.7 cm³/mol. The van der Waals surface area contributed by atoms with Crippen molar-refractivity contribution in [1.29, 1.82) is 0 Å². The van der Waals surface area contributed by atoms with Gasteiger partial charge in [0.05, 0.1) is 29.3 Å². The third-order valence-electron chi connectivity index (χ3n) is 2.66. The Morgan fingerprint density at radius 2 is 2.28 bits per heavy atom. The molecule has 2 aromatic rings. The summed E-state index contributed by atoms with van der Waals surface area (Å²) < 4.78 is 2.15. The van der Waals surface area contributed by atoms with Gasteiger partial charge in [0.1, 0.15) is 0 Å². The molecule has 0 aliphatic carbocycles. The normalized spacial score (nSPS) is 11.3. The van der Waals surface area contributed by atoms with Gasteiger partial charge in [-0.3, -0.25) is 0 Å². The molecule has 0 fully saturated rings. The van der Waals surface area contributed by atoms with Crippen molar-refractivity contribution in [3.63, 3.8) is 0 Å². The lowest BCUT2D eigenvalue weighted by molar-refractivity contribution is 0.538. The lowest BCUT2D eigenvalue weighted by Crippen LogP contribution is -2.21. The Morgan fingerprint density at radius 3 is 2.94 bits per heavy atom. The Balaban J connectivity index is 1.95. The van der Waals surface area contributed by atoms with Crippen LogP contribution in [-0.2, 0) is 13.1 Å². The number of imidazole rings is 1. The zero-order chi connectivity index (χ0) is 13.0. The van der Waals surface area contributed by atoms with Crippen molar-refractivity contribution in [2.45, 2.75) is 33.9 Å². The third-order valence-corrected chi connectivity index (χ3v) is 3.48. The van der Waals surface area contributed by atoms with E-state index in [0.717, 1.165) is 30.3 Å². The number of aromatic nitrogens is 3. The highest BCUT2D eigenvalue weighted by molar-refractivity contribution is 7.09. The van der Waals surface area contributed by atoms with E-state index in [1.807, 2.05) is 19.4 Å². The van der Waals surface area contributed by atoms with Gasteiger partial charge >= 0.3 is 0 Å². The van der Waals surface area contributed by atoms with Crippen LogP contribution >= 0.6 is 11.3 Å². The van der Waals surface area contributed by atoms with Gasteiger partial charge in [-0.1, -0.05) is 13.8 Å². The second-order valence-electron chi connectivity index (χ2n) is 4.90. The quantitative estimate of drug-likeness (QED) is 0.871. The third kappa shape index (κ3) is 3.65. The van der Waals surface area contributed by atoms with Crippen molar-refractivity contribution in [2.24, 2.45) is 5.92 Å². The van der Waals surface area contributed by atoms with Gasteiger partial charge in [-0.05, 0) is 19.4 Å². The summed E-state index contributed by atoms with van der Waals surface area (Å²) in [5.74, 6) is 0.669. The lowest BCUT2D eigenvalue weighted by Gasteiger charge is -2.09. The first kappa shape index (κ1) is 13.2. The van der Waals surface area contributed by atoms with Gasteiger partial charge in [0.25, 0.3) is 0 Å². The van der Waals surface area contributed by atoms with Crippen molar-refractivity contribution in [2.75, 3.05) is 6.54 Å². The smallest absolute Gasteiger partial charge is 0.0952 e. The topological polar surface area (TPSA) is 42.7 Å². The lowest BCUT2D eigenvalue weighted by atomic mass is 10.2. The molecular weight excluding hydrogens is 244 g/mol. The highest BCUT2D eigenvalue weighted by Gasteiger charge is 2.05. The summed E-state index contributed by atoms with van der Waals surface area (Å²) >= 11 is 1.69. The summed E-state index contributed by atoms with van der Waals surface area (Å²) in [6.07, 6.45) is 3.80. The second-order valence-corrected chi connectivity index (χ2v) is 5.96. The van der Waals surface area contributed by atoms with Crippen molar-refractivity contribution in [1.82, 2.24) is 19.9 Å². The Kier molecular flexibility index (Phi) is 4.49. The summed E-state index contributed by atoms with van der Waals surface area (Å²) in [5, 5.41) is 6.67. The molecule has 0 amide bonds. The van der Waals surface area contributed by atoms with E-state index in [9.17, 15) is 0 Å². The van der Waals surface area contributed by atoms with Crippen LogP contribution in [0.25, 0.3) is 0 Å². The van der Waals surface area contributed by atoms with E-state index < -0.39 is 0 Å². The molecule has 0 spiro atoms. The van der Waals surface area contributed by atoms with Crippen molar-refractivity contribution >= 4 is 11.3 Å². The average molecular weight is 264 g/mol. The highest BCUT2D eigenvalue weighted by Crippen LogP contribution is 2.10. The number of aryl methyl sites for hydroxylation is 1. The Morgan fingerprint density at radius 1 is 1.44 bits per heavy atom. The maximum Gasteiger partial charge on any atom is 0.0952 e. The van der Waals surface area contributed by atoms with Crippen molar-refractivity contribution in [3.05, 3.63) is 34.3 Å². The van der Waals surface area contributed by atoms with Crippen LogP contribution in [0.5, 0.6) is 0 Å². The maximum absolute atomic E-state index is 4.48. The minimum Gasteiger partial charge on any atom is -0.327 e. The molecule has 0 atom stereocenters. The van der Waals surface area contributed by atoms with E-state index in [0.29, 0.717) is 5.92 Å². The molecule has 5 heteroatoms. The highest BCUT2D eigenvalue weighted by atomic mass is 32.1. The fourth-order valence-electron chi connectivity index (χ4n) is 1.78. The molecule has 0 aromatic carbocycles. The molecule has 0 radical (unpaired) electrons. The van der Waals surface area contributed by atoms with Crippen LogP contribution in [-0.4, -0.2) is 21.1 Å². The van der Waals surface area contributed by atoms with Gasteiger partial charge in [0.2, 0.25) is 0 Å². The number of nitrogens with zero attached hydrogens (tertiary/aromatic N) is 3. The first-order valence-electron chi connectivity index (χ1n) is 6.26. The molecule has 4 nitrogen and oxygen atoms in total. The molecule has 0 saturated carbocycles. The van der Waals surface area contributed by atoms with E-state index in [2.05, 4.69) is 39.1 Å². The number of nitrogens with one attached hydrogen (secondary N) is 1. The minimum absolute atomic E-state index is 0.669. The summed E-state index contributed by atoms with van der Waals surface area (Å²) in [7, 11) is 0. The molecule has 0 unspecified atom stereocenters. The summed E-state index contributed by atoms with van der Waals surface area (Å²) in [5.41, 5.74) is 2.32. The number of thiazole rings is 1. The summed E-state index contributed by atoms with van der Waals surface area (Å²) in [4.78, 5) is 8.71. The Labute approximate surface area is 112 Å². The first-order chi connectivity index (χ1) is 8.65. The van der Waals surface area contributed by atoms with Gasteiger partial charge in [-0.2, -0.15) is 0 Å². The van der Waals surface area contributed by atoms with Gasteiger partial charge in [0, 0.05) is 18.1 Å². The molecule has 1 N–H and O–H groups in total. The molecule has 2 rings (SSSR count). The first-order valence-corrected chi connectivity index (χ1v) is 7.14. The number of rotatable bonds is 6. The van der Waals surface area contributed by atoms with Gasteiger partial charge < -0.3 is 9.88 Å². The van der Waals surface area contributed by atoms with E-state index >= 15 is 0 Å². The van der Waals surface area contributed by atoms with Crippen LogP contribution in [0.3, 0.4) is 0 Å². The van der Waals surface area contributed by atoms with Crippen LogP contribution < -0.4 is 5.32 Å². The molecule has 2 aromatic heterocycles. The predicted octanol–water partition coefficient (Wildman–Crippen LogP) is 2.44. The molecule has 98 valence electrons. The van der Waals surface area contributed by atoms with Gasteiger partial charge in [-0.15, -0.1) is 11.3 Å². The zero-order valence-corrected chi connectivity index (χ0v) is 12.0. The molecule has 18 heavy (non-hydrogen) atoms. The van der Waals surface area contributed by atoms with E-state index in [4.69, 9.17) is 0 Å². The van der Waals surface area contributed by atoms with Crippen LogP contribution in [0.4, 0.5) is 0 Å². The molecule has 0 bridgehead atoms. The van der Waals surface area contributed by atoms with Crippen molar-refractivity contribution in [3.8, 4) is 0 Å². The summed E-state index contributed by atoms with van der Waals surface area (Å²) in [6.45, 7) is 9.16. The number of hydrogen-bond acceptors (Lipinski definition) is 4. The van der Waals surface area contributed by atoms with E-state index in [1.165, 1.54) is 5.69 Å². The molecular formula is C13H20N4S. The molecule has 0 saturated heterocycles. The van der Waals surface area contributed by atoms with Crippen LogP contribution in [0, 0.1) is 12.8 Å². The van der Waals surface area contributed by atoms with Gasteiger partial charge in [0.15, 0.2) is 0 Å². The standard InChI is InChI=1S/C13H20N4S/c1-10(2)4-14-5-13-6-15-9-17(13)7-12-8-18-11(3)16-12/h6,8-10,14H,4-5,7H2,1-3H3. The van der Waals surface area contributed by atoms with E-state index in [-0.39, 0.29) is 0 Å². The van der Waals surface area contributed by atoms with Gasteiger partial charge in [-0.25, -0.2) is 9.97 Å². The average Bonchev–Trinajstić information content (AvgIpc) is 2.89. The fourth-order valence-corrected chi connectivity index (χ4v) is 2.39.